The van der Waals surface area contributed by atoms with Crippen LogP contribution in [0, 0.1) is 5.92 Å². The van der Waals surface area contributed by atoms with Gasteiger partial charge in [0.25, 0.3) is 0 Å². The highest BCUT2D eigenvalue weighted by Gasteiger charge is 2.31. The standard InChI is InChI=1S/C15H21NO2/c1-11-14(16(2)9-8-15(11)17)10-12-4-6-13(18-3)7-5-12/h4-7,11,14H,8-10H2,1-3H3. The Morgan fingerprint density at radius 1 is 1.33 bits per heavy atom. The predicted molar refractivity (Wildman–Crippen MR) is 71.9 cm³/mol. The fourth-order valence-electron chi connectivity index (χ4n) is 2.61. The molecule has 2 rings (SSSR count). The minimum absolute atomic E-state index is 0.130. The summed E-state index contributed by atoms with van der Waals surface area (Å²) in [5.41, 5.74) is 1.26. The van der Waals surface area contributed by atoms with Gasteiger partial charge < -0.3 is 9.64 Å². The van der Waals surface area contributed by atoms with E-state index in [0.29, 0.717) is 18.2 Å². The molecule has 18 heavy (non-hydrogen) atoms. The summed E-state index contributed by atoms with van der Waals surface area (Å²) in [6.07, 6.45) is 1.62. The molecule has 0 saturated carbocycles. The van der Waals surface area contributed by atoms with E-state index in [1.165, 1.54) is 5.56 Å². The zero-order valence-electron chi connectivity index (χ0n) is 11.3. The number of ether oxygens (including phenoxy) is 1. The van der Waals surface area contributed by atoms with E-state index in [0.717, 1.165) is 18.7 Å². The Morgan fingerprint density at radius 3 is 2.61 bits per heavy atom. The van der Waals surface area contributed by atoms with Crippen molar-refractivity contribution >= 4 is 5.78 Å². The summed E-state index contributed by atoms with van der Waals surface area (Å²) in [6.45, 7) is 2.93. The number of likely N-dealkylation sites (N-methyl/N-ethyl adjacent to an activating group) is 1. The Kier molecular flexibility index (Phi) is 4.02. The van der Waals surface area contributed by atoms with Gasteiger partial charge in [0.1, 0.15) is 11.5 Å². The number of likely N-dealkylation sites (tertiary alicyclic amines) is 1. The number of carbonyl (C=O) groups excluding carboxylic acids is 1. The van der Waals surface area contributed by atoms with E-state index in [2.05, 4.69) is 24.1 Å². The summed E-state index contributed by atoms with van der Waals surface area (Å²) in [5, 5.41) is 0. The first kappa shape index (κ1) is 13.1. The third-order valence-electron chi connectivity index (χ3n) is 3.97. The Hall–Kier alpha value is -1.35. The maximum absolute atomic E-state index is 11.8. The zero-order valence-corrected chi connectivity index (χ0v) is 11.3. The van der Waals surface area contributed by atoms with Gasteiger partial charge in [0.15, 0.2) is 0 Å². The first-order chi connectivity index (χ1) is 8.61. The summed E-state index contributed by atoms with van der Waals surface area (Å²) >= 11 is 0. The van der Waals surface area contributed by atoms with Crippen LogP contribution in [0.25, 0.3) is 0 Å². The van der Waals surface area contributed by atoms with E-state index in [1.807, 2.05) is 19.1 Å². The Balaban J connectivity index is 2.08. The van der Waals surface area contributed by atoms with E-state index >= 15 is 0 Å². The van der Waals surface area contributed by atoms with E-state index < -0.39 is 0 Å². The quantitative estimate of drug-likeness (QED) is 0.819. The predicted octanol–water partition coefficient (Wildman–Crippen LogP) is 2.15. The number of ketones is 1. The van der Waals surface area contributed by atoms with Gasteiger partial charge >= 0.3 is 0 Å². The molecule has 1 fully saturated rings. The Morgan fingerprint density at radius 2 is 2.00 bits per heavy atom. The molecule has 0 N–H and O–H groups in total. The summed E-state index contributed by atoms with van der Waals surface area (Å²) in [4.78, 5) is 14.1. The summed E-state index contributed by atoms with van der Waals surface area (Å²) < 4.78 is 5.15. The summed E-state index contributed by atoms with van der Waals surface area (Å²) in [5.74, 6) is 1.40. The lowest BCUT2D eigenvalue weighted by Crippen LogP contribution is -2.47. The van der Waals surface area contributed by atoms with Gasteiger partial charge in [-0.1, -0.05) is 19.1 Å². The van der Waals surface area contributed by atoms with E-state index in [1.54, 1.807) is 7.11 Å². The van der Waals surface area contributed by atoms with E-state index in [4.69, 9.17) is 4.74 Å². The zero-order chi connectivity index (χ0) is 13.1. The third kappa shape index (κ3) is 2.72. The third-order valence-corrected chi connectivity index (χ3v) is 3.97. The number of rotatable bonds is 3. The number of benzene rings is 1. The molecular formula is C15H21NO2. The highest BCUT2D eigenvalue weighted by atomic mass is 16.5. The highest BCUT2D eigenvalue weighted by Crippen LogP contribution is 2.23. The first-order valence-electron chi connectivity index (χ1n) is 6.47. The monoisotopic (exact) mass is 247 g/mol. The number of piperidine rings is 1. The molecule has 3 nitrogen and oxygen atoms in total. The molecule has 0 spiro atoms. The SMILES string of the molecule is COc1ccc(CC2C(C)C(=O)CCN2C)cc1. The van der Waals surface area contributed by atoms with Crippen molar-refractivity contribution in [3.63, 3.8) is 0 Å². The number of hydrogen-bond acceptors (Lipinski definition) is 3. The minimum atomic E-state index is 0.130. The maximum atomic E-state index is 11.8. The normalized spacial score (nSPS) is 25.2. The molecule has 2 unspecified atom stereocenters. The molecule has 1 aromatic carbocycles. The second-order valence-corrected chi connectivity index (χ2v) is 5.11. The Labute approximate surface area is 109 Å². The van der Waals surface area contributed by atoms with Crippen molar-refractivity contribution in [3.05, 3.63) is 29.8 Å². The van der Waals surface area contributed by atoms with Gasteiger partial charge in [0.2, 0.25) is 0 Å². The van der Waals surface area contributed by atoms with Crippen molar-refractivity contribution in [2.24, 2.45) is 5.92 Å². The van der Waals surface area contributed by atoms with Crippen LogP contribution < -0.4 is 4.74 Å². The molecule has 3 heteroatoms. The van der Waals surface area contributed by atoms with Gasteiger partial charge in [-0.25, -0.2) is 0 Å². The van der Waals surface area contributed by atoms with Gasteiger partial charge in [0, 0.05) is 24.9 Å². The fourth-order valence-corrected chi connectivity index (χ4v) is 2.61. The summed E-state index contributed by atoms with van der Waals surface area (Å²) in [7, 11) is 3.78. The molecule has 1 saturated heterocycles. The first-order valence-corrected chi connectivity index (χ1v) is 6.47. The smallest absolute Gasteiger partial charge is 0.138 e. The molecule has 1 aromatic rings. The lowest BCUT2D eigenvalue weighted by Gasteiger charge is -2.36. The van der Waals surface area contributed by atoms with Crippen LogP contribution in [0.5, 0.6) is 5.75 Å². The lowest BCUT2D eigenvalue weighted by molar-refractivity contribution is -0.127. The van der Waals surface area contributed by atoms with Gasteiger partial charge in [-0.3, -0.25) is 4.79 Å². The molecule has 0 amide bonds. The number of nitrogens with zero attached hydrogens (tertiary/aromatic N) is 1. The number of carbonyl (C=O) groups is 1. The second kappa shape index (κ2) is 5.53. The number of Topliss-reactive ketones (excluding diaryl/α,β-unsaturated/α-hetero) is 1. The van der Waals surface area contributed by atoms with E-state index in [-0.39, 0.29) is 5.92 Å². The van der Waals surface area contributed by atoms with Crippen LogP contribution in [0.3, 0.4) is 0 Å². The van der Waals surface area contributed by atoms with Crippen molar-refractivity contribution in [2.75, 3.05) is 20.7 Å². The highest BCUT2D eigenvalue weighted by molar-refractivity contribution is 5.82. The van der Waals surface area contributed by atoms with Crippen molar-refractivity contribution in [3.8, 4) is 5.75 Å². The van der Waals surface area contributed by atoms with Crippen LogP contribution in [0.1, 0.15) is 18.9 Å². The molecule has 0 radical (unpaired) electrons. The lowest BCUT2D eigenvalue weighted by atomic mass is 9.86. The Bertz CT molecular complexity index is 413. The number of hydrogen-bond donors (Lipinski definition) is 0. The largest absolute Gasteiger partial charge is 0.497 e. The molecule has 0 bridgehead atoms. The molecule has 1 aliphatic rings. The molecule has 98 valence electrons. The number of methoxy groups -OCH3 is 1. The van der Waals surface area contributed by atoms with Crippen molar-refractivity contribution in [1.29, 1.82) is 0 Å². The van der Waals surface area contributed by atoms with Crippen LogP contribution in [-0.2, 0) is 11.2 Å². The van der Waals surface area contributed by atoms with Gasteiger partial charge in [0.05, 0.1) is 7.11 Å². The van der Waals surface area contributed by atoms with Crippen molar-refractivity contribution in [2.45, 2.75) is 25.8 Å². The summed E-state index contributed by atoms with van der Waals surface area (Å²) in [6, 6.07) is 8.44. The molecule has 0 aromatic heterocycles. The van der Waals surface area contributed by atoms with Gasteiger partial charge in [-0.2, -0.15) is 0 Å². The molecule has 1 aliphatic heterocycles. The minimum Gasteiger partial charge on any atom is -0.497 e. The molecular weight excluding hydrogens is 226 g/mol. The van der Waals surface area contributed by atoms with E-state index in [9.17, 15) is 4.79 Å². The molecule has 1 heterocycles. The van der Waals surface area contributed by atoms with Crippen LogP contribution >= 0.6 is 0 Å². The van der Waals surface area contributed by atoms with Crippen molar-refractivity contribution in [1.82, 2.24) is 4.90 Å². The molecule has 0 aliphatic carbocycles. The topological polar surface area (TPSA) is 29.5 Å². The van der Waals surface area contributed by atoms with Crippen LogP contribution in [-0.4, -0.2) is 37.4 Å². The maximum Gasteiger partial charge on any atom is 0.138 e. The van der Waals surface area contributed by atoms with Gasteiger partial charge in [-0.15, -0.1) is 0 Å². The average Bonchev–Trinajstić information content (AvgIpc) is 2.40. The van der Waals surface area contributed by atoms with Crippen LogP contribution in [0.15, 0.2) is 24.3 Å². The average molecular weight is 247 g/mol. The molecule has 2 atom stereocenters. The van der Waals surface area contributed by atoms with Crippen LogP contribution in [0.2, 0.25) is 0 Å². The fraction of sp³-hybridized carbons (Fsp3) is 0.533. The van der Waals surface area contributed by atoms with Crippen molar-refractivity contribution < 1.29 is 9.53 Å². The van der Waals surface area contributed by atoms with Crippen LogP contribution in [0.4, 0.5) is 0 Å². The second-order valence-electron chi connectivity index (χ2n) is 5.11. The van der Waals surface area contributed by atoms with Gasteiger partial charge in [-0.05, 0) is 31.2 Å².